The average Bonchev–Trinajstić information content (AvgIpc) is 3.00. The van der Waals surface area contributed by atoms with Crippen molar-refractivity contribution in [2.75, 3.05) is 22.9 Å². The van der Waals surface area contributed by atoms with Crippen LogP contribution in [0.4, 0.5) is 16.5 Å². The molecule has 0 atom stereocenters. The van der Waals surface area contributed by atoms with Gasteiger partial charge in [-0.05, 0) is 19.4 Å². The molecule has 128 valence electrons. The zero-order chi connectivity index (χ0) is 17.5. The van der Waals surface area contributed by atoms with Crippen molar-refractivity contribution in [1.82, 2.24) is 10.2 Å². The van der Waals surface area contributed by atoms with Crippen LogP contribution < -0.4 is 10.6 Å². The molecule has 0 fully saturated rings. The molecule has 0 aliphatic carbocycles. The van der Waals surface area contributed by atoms with Crippen molar-refractivity contribution >= 4 is 45.5 Å². The van der Waals surface area contributed by atoms with Gasteiger partial charge in [0, 0.05) is 12.6 Å². The summed E-state index contributed by atoms with van der Waals surface area (Å²) in [5, 5.41) is 25.5. The summed E-state index contributed by atoms with van der Waals surface area (Å²) < 4.78 is 0.694. The van der Waals surface area contributed by atoms with Gasteiger partial charge in [-0.2, -0.15) is 0 Å². The molecule has 1 aromatic carbocycles. The molecule has 0 radical (unpaired) electrons. The highest BCUT2D eigenvalue weighted by Gasteiger charge is 2.15. The standard InChI is InChI=1S/C14H17N5O3S2/c1-3-7-15-13-17-18-14(24-13)23-8-12(20)16-10-5-4-6-11(9(10)2)19(21)22/h4-6H,3,7-8H2,1-2H3,(H,15,17)(H,16,20). The summed E-state index contributed by atoms with van der Waals surface area (Å²) in [5.74, 6) is -0.0910. The Hall–Kier alpha value is -2.20. The monoisotopic (exact) mass is 367 g/mol. The fourth-order valence-corrected chi connectivity index (χ4v) is 3.42. The van der Waals surface area contributed by atoms with E-state index < -0.39 is 4.92 Å². The zero-order valence-electron chi connectivity index (χ0n) is 13.2. The van der Waals surface area contributed by atoms with Gasteiger partial charge in [0.15, 0.2) is 4.34 Å². The Morgan fingerprint density at radius 3 is 2.92 bits per heavy atom. The molecule has 1 aromatic heterocycles. The van der Waals surface area contributed by atoms with Gasteiger partial charge < -0.3 is 10.6 Å². The number of nitrogens with zero attached hydrogens (tertiary/aromatic N) is 3. The van der Waals surface area contributed by atoms with Crippen LogP contribution in [0.5, 0.6) is 0 Å². The summed E-state index contributed by atoms with van der Waals surface area (Å²) in [6, 6.07) is 4.60. The number of nitrogens with one attached hydrogen (secondary N) is 2. The highest BCUT2D eigenvalue weighted by molar-refractivity contribution is 8.01. The number of hydrogen-bond donors (Lipinski definition) is 2. The summed E-state index contributed by atoms with van der Waals surface area (Å²) in [4.78, 5) is 22.5. The van der Waals surface area contributed by atoms with Gasteiger partial charge in [-0.15, -0.1) is 10.2 Å². The number of thioether (sulfide) groups is 1. The summed E-state index contributed by atoms with van der Waals surface area (Å²) in [6.07, 6.45) is 0.993. The molecule has 0 saturated heterocycles. The second-order valence-corrected chi connectivity index (χ2v) is 7.04. The highest BCUT2D eigenvalue weighted by Crippen LogP contribution is 2.27. The molecule has 1 amide bonds. The van der Waals surface area contributed by atoms with E-state index in [2.05, 4.69) is 27.8 Å². The smallest absolute Gasteiger partial charge is 0.274 e. The second-order valence-electron chi connectivity index (χ2n) is 4.84. The van der Waals surface area contributed by atoms with Gasteiger partial charge in [0.05, 0.1) is 21.9 Å². The Labute approximate surface area is 147 Å². The lowest BCUT2D eigenvalue weighted by Crippen LogP contribution is -2.15. The van der Waals surface area contributed by atoms with Gasteiger partial charge in [-0.1, -0.05) is 36.1 Å². The van der Waals surface area contributed by atoms with Gasteiger partial charge in [-0.25, -0.2) is 0 Å². The van der Waals surface area contributed by atoms with Crippen LogP contribution in [0.15, 0.2) is 22.5 Å². The van der Waals surface area contributed by atoms with E-state index >= 15 is 0 Å². The van der Waals surface area contributed by atoms with Crippen LogP contribution in [-0.2, 0) is 4.79 Å². The van der Waals surface area contributed by atoms with Crippen LogP contribution in [0.3, 0.4) is 0 Å². The van der Waals surface area contributed by atoms with Crippen LogP contribution in [0.1, 0.15) is 18.9 Å². The number of rotatable bonds is 8. The number of aromatic nitrogens is 2. The molecule has 10 heteroatoms. The van der Waals surface area contributed by atoms with Crippen molar-refractivity contribution in [3.05, 3.63) is 33.9 Å². The minimum atomic E-state index is -0.466. The molecule has 0 aliphatic heterocycles. The number of hydrogen-bond acceptors (Lipinski definition) is 8. The quantitative estimate of drug-likeness (QED) is 0.418. The van der Waals surface area contributed by atoms with E-state index in [-0.39, 0.29) is 17.3 Å². The molecule has 2 aromatic rings. The third-order valence-electron chi connectivity index (χ3n) is 3.04. The topological polar surface area (TPSA) is 110 Å². The lowest BCUT2D eigenvalue weighted by Gasteiger charge is -2.07. The molecule has 8 nitrogen and oxygen atoms in total. The summed E-state index contributed by atoms with van der Waals surface area (Å²) in [5.41, 5.74) is 0.858. The van der Waals surface area contributed by atoms with Crippen molar-refractivity contribution in [2.24, 2.45) is 0 Å². The van der Waals surface area contributed by atoms with Crippen molar-refractivity contribution in [2.45, 2.75) is 24.6 Å². The van der Waals surface area contributed by atoms with E-state index in [9.17, 15) is 14.9 Å². The van der Waals surface area contributed by atoms with E-state index in [0.29, 0.717) is 15.6 Å². The maximum Gasteiger partial charge on any atom is 0.274 e. The van der Waals surface area contributed by atoms with Crippen LogP contribution in [0, 0.1) is 17.0 Å². The fraction of sp³-hybridized carbons (Fsp3) is 0.357. The Morgan fingerprint density at radius 2 is 2.21 bits per heavy atom. The lowest BCUT2D eigenvalue weighted by atomic mass is 10.1. The van der Waals surface area contributed by atoms with E-state index in [1.54, 1.807) is 19.1 Å². The first-order valence-corrected chi connectivity index (χ1v) is 9.05. The van der Waals surface area contributed by atoms with Crippen molar-refractivity contribution < 1.29 is 9.72 Å². The number of amides is 1. The average molecular weight is 367 g/mol. The highest BCUT2D eigenvalue weighted by atomic mass is 32.2. The van der Waals surface area contributed by atoms with E-state index in [4.69, 9.17) is 0 Å². The number of benzene rings is 1. The third kappa shape index (κ3) is 4.90. The minimum absolute atomic E-state index is 0.0174. The van der Waals surface area contributed by atoms with Gasteiger partial charge >= 0.3 is 0 Å². The van der Waals surface area contributed by atoms with E-state index in [1.165, 1.54) is 29.2 Å². The molecule has 24 heavy (non-hydrogen) atoms. The first-order valence-electron chi connectivity index (χ1n) is 7.25. The molecule has 2 rings (SSSR count). The van der Waals surface area contributed by atoms with Crippen LogP contribution in [-0.4, -0.2) is 33.3 Å². The lowest BCUT2D eigenvalue weighted by molar-refractivity contribution is -0.385. The third-order valence-corrected chi connectivity index (χ3v) is 5.05. The zero-order valence-corrected chi connectivity index (χ0v) is 14.9. The van der Waals surface area contributed by atoms with Crippen LogP contribution >= 0.6 is 23.1 Å². The molecule has 0 saturated carbocycles. The predicted octanol–water partition coefficient (Wildman–Crippen LogP) is 3.31. The van der Waals surface area contributed by atoms with Gasteiger partial charge in [0.25, 0.3) is 5.69 Å². The number of carbonyl (C=O) groups is 1. The van der Waals surface area contributed by atoms with Crippen LogP contribution in [0.2, 0.25) is 0 Å². The first-order chi connectivity index (χ1) is 11.5. The Kier molecular flexibility index (Phi) is 6.50. The van der Waals surface area contributed by atoms with Gasteiger partial charge in [0.2, 0.25) is 11.0 Å². The first kappa shape index (κ1) is 18.1. The molecule has 0 bridgehead atoms. The molecule has 1 heterocycles. The largest absolute Gasteiger partial charge is 0.360 e. The van der Waals surface area contributed by atoms with Crippen molar-refractivity contribution in [3.63, 3.8) is 0 Å². The van der Waals surface area contributed by atoms with E-state index in [1.807, 2.05) is 0 Å². The summed E-state index contributed by atoms with van der Waals surface area (Å²) in [6.45, 7) is 4.49. The SMILES string of the molecule is CCCNc1nnc(SCC(=O)Nc2cccc([N+](=O)[O-])c2C)s1. The maximum absolute atomic E-state index is 12.0. The predicted molar refractivity (Wildman–Crippen MR) is 95.9 cm³/mol. The number of anilines is 2. The van der Waals surface area contributed by atoms with E-state index in [0.717, 1.165) is 18.1 Å². The molecule has 0 unspecified atom stereocenters. The number of nitro groups is 1. The van der Waals surface area contributed by atoms with Gasteiger partial charge in [0.1, 0.15) is 0 Å². The normalized spacial score (nSPS) is 10.4. The molecule has 0 spiro atoms. The van der Waals surface area contributed by atoms with Crippen molar-refractivity contribution in [1.29, 1.82) is 0 Å². The summed E-state index contributed by atoms with van der Waals surface area (Å²) >= 11 is 2.67. The Morgan fingerprint density at radius 1 is 1.42 bits per heavy atom. The van der Waals surface area contributed by atoms with Gasteiger partial charge in [-0.3, -0.25) is 14.9 Å². The Bertz CT molecular complexity index is 735. The number of nitro benzene ring substituents is 1. The second kappa shape index (κ2) is 8.60. The Balaban J connectivity index is 1.91. The van der Waals surface area contributed by atoms with Crippen molar-refractivity contribution in [3.8, 4) is 0 Å². The fourth-order valence-electron chi connectivity index (χ4n) is 1.84. The maximum atomic E-state index is 12.0. The molecule has 2 N–H and O–H groups in total. The molecular weight excluding hydrogens is 350 g/mol. The van der Waals surface area contributed by atoms with Crippen LogP contribution in [0.25, 0.3) is 0 Å². The minimum Gasteiger partial charge on any atom is -0.360 e. The molecule has 0 aliphatic rings. The molecular formula is C14H17N5O3S2. The summed E-state index contributed by atoms with van der Waals surface area (Å²) in [7, 11) is 0. The number of carbonyl (C=O) groups excluding carboxylic acids is 1.